The maximum absolute atomic E-state index is 5.91. The monoisotopic (exact) mass is 252 g/mol. The molecule has 0 amide bonds. The molecule has 0 saturated carbocycles. The number of anilines is 1. The Morgan fingerprint density at radius 3 is 2.58 bits per heavy atom. The van der Waals surface area contributed by atoms with E-state index in [0.717, 1.165) is 12.2 Å². The van der Waals surface area contributed by atoms with Gasteiger partial charge in [-0.3, -0.25) is 0 Å². The number of hydrogen-bond acceptors (Lipinski definition) is 2. The number of nitrogens with one attached hydrogen (secondary N) is 1. The van der Waals surface area contributed by atoms with Crippen LogP contribution in [-0.4, -0.2) is 5.54 Å². The van der Waals surface area contributed by atoms with Crippen molar-refractivity contribution in [2.75, 3.05) is 5.73 Å². The maximum atomic E-state index is 5.91. The topological polar surface area (TPSA) is 38.0 Å². The van der Waals surface area contributed by atoms with Crippen molar-refractivity contribution in [2.24, 2.45) is 0 Å². The van der Waals surface area contributed by atoms with E-state index in [1.807, 2.05) is 6.07 Å². The molecule has 0 saturated heterocycles. The van der Waals surface area contributed by atoms with E-state index < -0.39 is 0 Å². The first-order valence-corrected chi connectivity index (χ1v) is 6.76. The summed E-state index contributed by atoms with van der Waals surface area (Å²) >= 11 is 0. The summed E-state index contributed by atoms with van der Waals surface area (Å²) in [4.78, 5) is 0. The van der Waals surface area contributed by atoms with Crippen LogP contribution in [0.5, 0.6) is 0 Å². The Labute approximate surface area is 114 Å². The predicted octanol–water partition coefficient (Wildman–Crippen LogP) is 3.28. The zero-order valence-corrected chi connectivity index (χ0v) is 11.5. The highest BCUT2D eigenvalue weighted by molar-refractivity contribution is 5.50. The maximum Gasteiger partial charge on any atom is 0.0317 e. The summed E-state index contributed by atoms with van der Waals surface area (Å²) in [6, 6.07) is 17.0. The van der Waals surface area contributed by atoms with Gasteiger partial charge in [0.1, 0.15) is 0 Å². The average Bonchev–Trinajstić information content (AvgIpc) is 2.39. The highest BCUT2D eigenvalue weighted by Crippen LogP contribution is 2.40. The van der Waals surface area contributed by atoms with Crippen LogP contribution in [0.15, 0.2) is 48.5 Å². The van der Waals surface area contributed by atoms with Gasteiger partial charge in [-0.15, -0.1) is 0 Å². The van der Waals surface area contributed by atoms with Crippen molar-refractivity contribution < 1.29 is 0 Å². The van der Waals surface area contributed by atoms with Gasteiger partial charge >= 0.3 is 0 Å². The van der Waals surface area contributed by atoms with Crippen molar-refractivity contribution in [1.29, 1.82) is 0 Å². The molecule has 0 fully saturated rings. The second-order valence-corrected chi connectivity index (χ2v) is 5.88. The molecule has 0 aromatic heterocycles. The van der Waals surface area contributed by atoms with Crippen LogP contribution in [0.2, 0.25) is 0 Å². The van der Waals surface area contributed by atoms with Crippen LogP contribution < -0.4 is 11.1 Å². The number of nitrogen functional groups attached to an aromatic ring is 1. The van der Waals surface area contributed by atoms with Crippen LogP contribution >= 0.6 is 0 Å². The molecule has 1 aliphatic rings. The standard InChI is InChI=1S/C17H20N2/c1-17(2)16(12-6-4-3-5-7-12)15-9-8-14(18)10-13(15)11-19-17/h3-10,16,19H,11,18H2,1-2H3/t16-/m0/s1. The van der Waals surface area contributed by atoms with E-state index in [-0.39, 0.29) is 5.54 Å². The number of hydrogen-bond donors (Lipinski definition) is 2. The van der Waals surface area contributed by atoms with E-state index in [1.54, 1.807) is 0 Å². The number of benzene rings is 2. The van der Waals surface area contributed by atoms with Crippen LogP contribution in [0.25, 0.3) is 0 Å². The quantitative estimate of drug-likeness (QED) is 0.764. The van der Waals surface area contributed by atoms with Crippen molar-refractivity contribution in [3.8, 4) is 0 Å². The molecule has 3 N–H and O–H groups in total. The predicted molar refractivity (Wildman–Crippen MR) is 80.1 cm³/mol. The van der Waals surface area contributed by atoms with Crippen molar-refractivity contribution in [1.82, 2.24) is 5.32 Å². The van der Waals surface area contributed by atoms with Crippen molar-refractivity contribution >= 4 is 5.69 Å². The zero-order chi connectivity index (χ0) is 13.5. The summed E-state index contributed by atoms with van der Waals surface area (Å²) in [5.41, 5.74) is 10.9. The minimum atomic E-state index is 0.0461. The first kappa shape index (κ1) is 12.2. The Balaban J connectivity index is 2.16. The largest absolute Gasteiger partial charge is 0.399 e. The molecule has 2 aromatic carbocycles. The molecule has 1 aliphatic heterocycles. The molecule has 0 radical (unpaired) electrons. The third-order valence-corrected chi connectivity index (χ3v) is 4.07. The molecular formula is C17H20N2. The Hall–Kier alpha value is -1.80. The van der Waals surface area contributed by atoms with Crippen molar-refractivity contribution in [2.45, 2.75) is 31.8 Å². The minimum Gasteiger partial charge on any atom is -0.399 e. The molecule has 1 heterocycles. The SMILES string of the molecule is CC1(C)NCc2cc(N)ccc2[C@@H]1c1ccccc1. The lowest BCUT2D eigenvalue weighted by Gasteiger charge is -2.41. The third kappa shape index (κ3) is 2.13. The smallest absolute Gasteiger partial charge is 0.0317 e. The van der Waals surface area contributed by atoms with E-state index in [4.69, 9.17) is 5.73 Å². The highest BCUT2D eigenvalue weighted by Gasteiger charge is 2.36. The molecule has 0 unspecified atom stereocenters. The summed E-state index contributed by atoms with van der Waals surface area (Å²) in [5.74, 6) is 0.359. The molecule has 3 rings (SSSR count). The molecular weight excluding hydrogens is 232 g/mol. The van der Waals surface area contributed by atoms with Crippen LogP contribution in [0.3, 0.4) is 0 Å². The summed E-state index contributed by atoms with van der Waals surface area (Å²) in [7, 11) is 0. The molecule has 2 aromatic rings. The van der Waals surface area contributed by atoms with Gasteiger partial charge in [-0.25, -0.2) is 0 Å². The van der Waals surface area contributed by atoms with Crippen LogP contribution in [0.4, 0.5) is 5.69 Å². The molecule has 1 atom stereocenters. The molecule has 0 spiro atoms. The molecule has 19 heavy (non-hydrogen) atoms. The van der Waals surface area contributed by atoms with Gasteiger partial charge in [0.05, 0.1) is 0 Å². The van der Waals surface area contributed by atoms with Gasteiger partial charge in [-0.1, -0.05) is 36.4 Å². The minimum absolute atomic E-state index is 0.0461. The number of nitrogens with two attached hydrogens (primary N) is 1. The summed E-state index contributed by atoms with van der Waals surface area (Å²) in [5, 5.41) is 3.63. The van der Waals surface area contributed by atoms with E-state index >= 15 is 0 Å². The van der Waals surface area contributed by atoms with Gasteiger partial charge in [-0.05, 0) is 42.7 Å². The van der Waals surface area contributed by atoms with Gasteiger partial charge < -0.3 is 11.1 Å². The lowest BCUT2D eigenvalue weighted by Crippen LogP contribution is -2.48. The Kier molecular flexibility index (Phi) is 2.83. The fraction of sp³-hybridized carbons (Fsp3) is 0.294. The number of rotatable bonds is 1. The lowest BCUT2D eigenvalue weighted by molar-refractivity contribution is 0.324. The van der Waals surface area contributed by atoms with Crippen molar-refractivity contribution in [3.05, 3.63) is 65.2 Å². The highest BCUT2D eigenvalue weighted by atomic mass is 15.0. The molecule has 0 bridgehead atoms. The molecule has 2 heteroatoms. The second kappa shape index (κ2) is 4.39. The van der Waals surface area contributed by atoms with Gasteiger partial charge in [0.15, 0.2) is 0 Å². The second-order valence-electron chi connectivity index (χ2n) is 5.88. The van der Waals surface area contributed by atoms with E-state index in [2.05, 4.69) is 61.6 Å². The summed E-state index contributed by atoms with van der Waals surface area (Å²) < 4.78 is 0. The Morgan fingerprint density at radius 2 is 1.84 bits per heavy atom. The average molecular weight is 252 g/mol. The van der Waals surface area contributed by atoms with Gasteiger partial charge in [0.25, 0.3) is 0 Å². The molecule has 98 valence electrons. The number of fused-ring (bicyclic) bond motifs is 1. The Morgan fingerprint density at radius 1 is 1.11 bits per heavy atom. The Bertz CT molecular complexity index is 587. The molecule has 2 nitrogen and oxygen atoms in total. The fourth-order valence-corrected chi connectivity index (χ4v) is 3.12. The van der Waals surface area contributed by atoms with Gasteiger partial charge in [0, 0.05) is 23.7 Å². The van der Waals surface area contributed by atoms with E-state index in [9.17, 15) is 0 Å². The third-order valence-electron chi connectivity index (χ3n) is 4.07. The fourth-order valence-electron chi connectivity index (χ4n) is 3.12. The molecule has 0 aliphatic carbocycles. The lowest BCUT2D eigenvalue weighted by atomic mass is 9.73. The summed E-state index contributed by atoms with van der Waals surface area (Å²) in [6.45, 7) is 5.42. The van der Waals surface area contributed by atoms with Crippen LogP contribution in [-0.2, 0) is 6.54 Å². The zero-order valence-electron chi connectivity index (χ0n) is 11.5. The normalized spacial score (nSPS) is 20.8. The van der Waals surface area contributed by atoms with Gasteiger partial charge in [0.2, 0.25) is 0 Å². The first-order chi connectivity index (χ1) is 9.08. The summed E-state index contributed by atoms with van der Waals surface area (Å²) in [6.07, 6.45) is 0. The van der Waals surface area contributed by atoms with Crippen LogP contribution in [0.1, 0.15) is 36.5 Å². The first-order valence-electron chi connectivity index (χ1n) is 6.76. The van der Waals surface area contributed by atoms with Crippen LogP contribution in [0, 0.1) is 0 Å². The van der Waals surface area contributed by atoms with Gasteiger partial charge in [-0.2, -0.15) is 0 Å². The van der Waals surface area contributed by atoms with E-state index in [0.29, 0.717) is 5.92 Å². The van der Waals surface area contributed by atoms with E-state index in [1.165, 1.54) is 16.7 Å². The van der Waals surface area contributed by atoms with Crippen molar-refractivity contribution in [3.63, 3.8) is 0 Å².